The number of hydrogen-bond donors (Lipinski definition) is 0. The van der Waals surface area contributed by atoms with Crippen molar-refractivity contribution in [1.29, 1.82) is 0 Å². The second-order valence-electron chi connectivity index (χ2n) is 9.28. The molecule has 0 spiro atoms. The second-order valence-corrected chi connectivity index (χ2v) is 9.28. The van der Waals surface area contributed by atoms with Crippen LogP contribution in [0.2, 0.25) is 0 Å². The molecule has 0 nitrogen and oxygen atoms in total. The maximum atomic E-state index is 13.9. The molecule has 0 saturated carbocycles. The first kappa shape index (κ1) is 33.3. The van der Waals surface area contributed by atoms with Gasteiger partial charge in [-0.2, -0.15) is 0 Å². The molecule has 0 radical (unpaired) electrons. The lowest BCUT2D eigenvalue weighted by molar-refractivity contribution is 0.0174. The Kier molecular flexibility index (Phi) is 15.7. The lowest BCUT2D eigenvalue weighted by atomic mass is 9.88. The summed E-state index contributed by atoms with van der Waals surface area (Å²) in [5.41, 5.74) is 6.97. The minimum absolute atomic E-state index is 0.0456. The highest BCUT2D eigenvalue weighted by Crippen LogP contribution is 2.36. The van der Waals surface area contributed by atoms with E-state index in [-0.39, 0.29) is 5.56 Å². The number of benzene rings is 1. The fourth-order valence-corrected chi connectivity index (χ4v) is 4.09. The van der Waals surface area contributed by atoms with Crippen LogP contribution in [-0.4, -0.2) is 0 Å². The first-order valence-electron chi connectivity index (χ1n) is 13.4. The normalized spacial score (nSPS) is 13.8. The fraction of sp³-hybridized carbons (Fsp3) is 0.471. The van der Waals surface area contributed by atoms with E-state index >= 15 is 0 Å². The lowest BCUT2D eigenvalue weighted by Crippen LogP contribution is -2.08. The van der Waals surface area contributed by atoms with E-state index < -0.39 is 5.92 Å². The van der Waals surface area contributed by atoms with Gasteiger partial charge < -0.3 is 0 Å². The molecular formula is C34H48F2. The molecule has 1 atom stereocenters. The maximum absolute atomic E-state index is 13.9. The predicted octanol–water partition coefficient (Wildman–Crippen LogP) is 11.2. The van der Waals surface area contributed by atoms with Crippen LogP contribution in [0.1, 0.15) is 111 Å². The first-order chi connectivity index (χ1) is 17.0. The van der Waals surface area contributed by atoms with E-state index in [9.17, 15) is 8.78 Å². The molecule has 36 heavy (non-hydrogen) atoms. The van der Waals surface area contributed by atoms with Gasteiger partial charge >= 0.3 is 0 Å². The Labute approximate surface area is 221 Å². The Balaban J connectivity index is 0.00000291. The summed E-state index contributed by atoms with van der Waals surface area (Å²) in [5, 5.41) is 0. The average molecular weight is 495 g/mol. The fourth-order valence-electron chi connectivity index (χ4n) is 4.09. The SMILES string of the molecule is C#Cc1cc(C2=CC=C(/C=C(/C(=C)C)C(C)CCCCCC(=C)C)C2)cc(C(C)(F)F)c1.CC.CC. The molecule has 0 aliphatic heterocycles. The Bertz CT molecular complexity index is 987. The average Bonchev–Trinajstić information content (AvgIpc) is 3.32. The zero-order valence-corrected chi connectivity index (χ0v) is 24.0. The second kappa shape index (κ2) is 16.9. The van der Waals surface area contributed by atoms with E-state index in [1.807, 2.05) is 39.8 Å². The highest BCUT2D eigenvalue weighted by atomic mass is 19.3. The molecule has 0 amide bonds. The van der Waals surface area contributed by atoms with Crippen molar-refractivity contribution in [3.63, 3.8) is 0 Å². The van der Waals surface area contributed by atoms with Crippen LogP contribution in [0.15, 0.2) is 71.9 Å². The van der Waals surface area contributed by atoms with Gasteiger partial charge in [-0.3, -0.25) is 0 Å². The molecular weight excluding hydrogens is 446 g/mol. The molecule has 198 valence electrons. The van der Waals surface area contributed by atoms with Gasteiger partial charge in [-0.25, -0.2) is 8.78 Å². The van der Waals surface area contributed by atoms with Gasteiger partial charge in [0.05, 0.1) is 0 Å². The minimum Gasteiger partial charge on any atom is -0.202 e. The van der Waals surface area contributed by atoms with Crippen molar-refractivity contribution in [2.24, 2.45) is 5.92 Å². The summed E-state index contributed by atoms with van der Waals surface area (Å²) in [5.74, 6) is 0.00677. The molecule has 0 aromatic heterocycles. The third-order valence-corrected chi connectivity index (χ3v) is 5.98. The summed E-state index contributed by atoms with van der Waals surface area (Å²) in [6, 6.07) is 4.76. The summed E-state index contributed by atoms with van der Waals surface area (Å²) in [4.78, 5) is 0. The zero-order chi connectivity index (χ0) is 27.9. The van der Waals surface area contributed by atoms with E-state index in [0.717, 1.165) is 36.5 Å². The van der Waals surface area contributed by atoms with Crippen molar-refractivity contribution < 1.29 is 8.78 Å². The van der Waals surface area contributed by atoms with Gasteiger partial charge in [0.2, 0.25) is 0 Å². The molecule has 1 aromatic carbocycles. The quantitative estimate of drug-likeness (QED) is 0.124. The Morgan fingerprint density at radius 1 is 1.06 bits per heavy atom. The molecule has 0 saturated heterocycles. The van der Waals surface area contributed by atoms with Crippen LogP contribution in [-0.2, 0) is 5.92 Å². The highest BCUT2D eigenvalue weighted by Gasteiger charge is 2.26. The first-order valence-corrected chi connectivity index (χ1v) is 13.4. The van der Waals surface area contributed by atoms with E-state index in [2.05, 4.69) is 52.0 Å². The number of halogens is 2. The molecule has 0 bridgehead atoms. The van der Waals surface area contributed by atoms with E-state index in [0.29, 0.717) is 17.9 Å². The van der Waals surface area contributed by atoms with Crippen molar-refractivity contribution in [1.82, 2.24) is 0 Å². The van der Waals surface area contributed by atoms with Crippen LogP contribution in [0.3, 0.4) is 0 Å². The summed E-state index contributed by atoms with van der Waals surface area (Å²) < 4.78 is 27.9. The predicted molar refractivity (Wildman–Crippen MR) is 157 cm³/mol. The summed E-state index contributed by atoms with van der Waals surface area (Å²) in [7, 11) is 0. The van der Waals surface area contributed by atoms with Gasteiger partial charge in [0.1, 0.15) is 0 Å². The van der Waals surface area contributed by atoms with Crippen LogP contribution in [0.4, 0.5) is 8.78 Å². The molecule has 2 heteroatoms. The summed E-state index contributed by atoms with van der Waals surface area (Å²) >= 11 is 0. The zero-order valence-electron chi connectivity index (χ0n) is 24.0. The van der Waals surface area contributed by atoms with Crippen LogP contribution >= 0.6 is 0 Å². The van der Waals surface area contributed by atoms with Gasteiger partial charge in [-0.15, -0.1) is 13.0 Å². The Morgan fingerprint density at radius 2 is 1.69 bits per heavy atom. The van der Waals surface area contributed by atoms with E-state index in [4.69, 9.17) is 6.42 Å². The van der Waals surface area contributed by atoms with Crippen LogP contribution in [0.25, 0.3) is 5.57 Å². The van der Waals surface area contributed by atoms with Gasteiger partial charge in [0.15, 0.2) is 0 Å². The molecule has 1 aromatic rings. The number of rotatable bonds is 11. The molecule has 1 unspecified atom stereocenters. The molecule has 0 N–H and O–H groups in total. The smallest absolute Gasteiger partial charge is 0.202 e. The number of terminal acetylenes is 1. The van der Waals surface area contributed by atoms with Crippen molar-refractivity contribution in [2.45, 2.75) is 99.8 Å². The summed E-state index contributed by atoms with van der Waals surface area (Å²) in [6.45, 7) is 23.5. The molecule has 1 aliphatic rings. The highest BCUT2D eigenvalue weighted by molar-refractivity contribution is 5.75. The maximum Gasteiger partial charge on any atom is 0.270 e. The van der Waals surface area contributed by atoms with Gasteiger partial charge in [0, 0.05) is 18.1 Å². The number of alkyl halides is 2. The van der Waals surface area contributed by atoms with Crippen molar-refractivity contribution in [3.8, 4) is 12.3 Å². The van der Waals surface area contributed by atoms with Crippen molar-refractivity contribution >= 4 is 5.57 Å². The van der Waals surface area contributed by atoms with Gasteiger partial charge in [-0.05, 0) is 85.9 Å². The molecule has 0 fully saturated rings. The van der Waals surface area contributed by atoms with E-state index in [1.165, 1.54) is 42.0 Å². The van der Waals surface area contributed by atoms with Gasteiger partial charge in [0.25, 0.3) is 5.92 Å². The number of unbranched alkanes of at least 4 members (excludes halogenated alkanes) is 2. The van der Waals surface area contributed by atoms with Gasteiger partial charge in [-0.1, -0.05) is 89.3 Å². The topological polar surface area (TPSA) is 0 Å². The molecule has 2 rings (SSSR count). The van der Waals surface area contributed by atoms with Crippen molar-refractivity contribution in [3.05, 3.63) is 88.6 Å². The lowest BCUT2D eigenvalue weighted by Gasteiger charge is -2.17. The molecule has 1 aliphatic carbocycles. The Morgan fingerprint density at radius 3 is 2.22 bits per heavy atom. The van der Waals surface area contributed by atoms with E-state index in [1.54, 1.807) is 6.07 Å². The minimum atomic E-state index is -2.93. The number of hydrogen-bond acceptors (Lipinski definition) is 0. The largest absolute Gasteiger partial charge is 0.270 e. The number of allylic oxidation sites excluding steroid dienone is 8. The monoisotopic (exact) mass is 494 g/mol. The third-order valence-electron chi connectivity index (χ3n) is 5.98. The van der Waals surface area contributed by atoms with Crippen LogP contribution in [0.5, 0.6) is 0 Å². The summed E-state index contributed by atoms with van der Waals surface area (Å²) in [6.07, 6.45) is 18.4. The third kappa shape index (κ3) is 11.4. The molecule has 0 heterocycles. The van der Waals surface area contributed by atoms with Crippen molar-refractivity contribution in [2.75, 3.05) is 0 Å². The van der Waals surface area contributed by atoms with Crippen LogP contribution < -0.4 is 0 Å². The van der Waals surface area contributed by atoms with Crippen LogP contribution in [0, 0.1) is 18.3 Å². The Hall–Kier alpha value is -2.66. The standard InChI is InChI=1S/C30H36F2.2C2H6/c1-8-24-16-27(20-28(18-24)30(7,31)32)26-15-14-25(17-26)19-29(22(4)5)23(6)13-11-9-10-12-21(2)3;2*1-2/h1,14-16,18-20,23H,2,4,9-13,17H2,3,5-7H3;2*1-2H3/b29-19-;;.